The maximum Gasteiger partial charge on any atom is 0.271 e. The quantitative estimate of drug-likeness (QED) is 0.575. The first kappa shape index (κ1) is 16.7. The summed E-state index contributed by atoms with van der Waals surface area (Å²) in [5, 5.41) is 4.58. The molecular formula is C18H13ClN2O4. The normalized spacial score (nSPS) is 11.0. The van der Waals surface area contributed by atoms with Crippen LogP contribution >= 0.6 is 11.6 Å². The lowest BCUT2D eigenvalue weighted by Crippen LogP contribution is -2.18. The van der Waals surface area contributed by atoms with E-state index in [0.717, 1.165) is 0 Å². The van der Waals surface area contributed by atoms with E-state index in [9.17, 15) is 9.59 Å². The molecule has 7 heteroatoms. The predicted molar refractivity (Wildman–Crippen MR) is 95.5 cm³/mol. The van der Waals surface area contributed by atoms with Crippen molar-refractivity contribution in [3.8, 4) is 5.75 Å². The molecule has 0 unspecified atom stereocenters. The zero-order valence-electron chi connectivity index (χ0n) is 13.2. The number of methoxy groups -OCH3 is 1. The van der Waals surface area contributed by atoms with Crippen molar-refractivity contribution in [2.24, 2.45) is 5.10 Å². The van der Waals surface area contributed by atoms with Crippen molar-refractivity contribution in [2.75, 3.05) is 7.11 Å². The van der Waals surface area contributed by atoms with Gasteiger partial charge in [0.15, 0.2) is 0 Å². The Bertz CT molecular complexity index is 1010. The highest BCUT2D eigenvalue weighted by Crippen LogP contribution is 2.16. The summed E-state index contributed by atoms with van der Waals surface area (Å²) in [6.07, 6.45) is 2.51. The zero-order chi connectivity index (χ0) is 17.8. The molecule has 25 heavy (non-hydrogen) atoms. The van der Waals surface area contributed by atoms with E-state index < -0.39 is 5.91 Å². The van der Waals surface area contributed by atoms with Gasteiger partial charge in [-0.1, -0.05) is 11.6 Å². The number of nitrogens with one attached hydrogen (secondary N) is 1. The summed E-state index contributed by atoms with van der Waals surface area (Å²) in [5.74, 6) is 0.236. The molecule has 126 valence electrons. The monoisotopic (exact) mass is 356 g/mol. The Hall–Kier alpha value is -3.12. The van der Waals surface area contributed by atoms with Crippen LogP contribution in [0.5, 0.6) is 5.75 Å². The van der Waals surface area contributed by atoms with Crippen LogP contribution in [0.1, 0.15) is 15.9 Å². The predicted octanol–water partition coefficient (Wildman–Crippen LogP) is 3.22. The summed E-state index contributed by atoms with van der Waals surface area (Å²) in [4.78, 5) is 24.4. The summed E-state index contributed by atoms with van der Waals surface area (Å²) in [6, 6.07) is 11.3. The van der Waals surface area contributed by atoms with Gasteiger partial charge in [-0.25, -0.2) is 5.43 Å². The van der Waals surface area contributed by atoms with E-state index in [0.29, 0.717) is 27.3 Å². The van der Waals surface area contributed by atoms with Gasteiger partial charge in [0.2, 0.25) is 5.43 Å². The van der Waals surface area contributed by atoms with Gasteiger partial charge in [-0.05, 0) is 42.5 Å². The van der Waals surface area contributed by atoms with Gasteiger partial charge in [0, 0.05) is 10.6 Å². The fourth-order valence-electron chi connectivity index (χ4n) is 2.17. The number of carbonyl (C=O) groups is 1. The Morgan fingerprint density at radius 1 is 1.24 bits per heavy atom. The highest BCUT2D eigenvalue weighted by atomic mass is 35.5. The molecule has 0 aliphatic heterocycles. The molecule has 3 rings (SSSR count). The lowest BCUT2D eigenvalue weighted by Gasteiger charge is -2.02. The third-order valence-corrected chi connectivity index (χ3v) is 3.72. The number of rotatable bonds is 4. The van der Waals surface area contributed by atoms with Crippen molar-refractivity contribution < 1.29 is 13.9 Å². The summed E-state index contributed by atoms with van der Waals surface area (Å²) < 4.78 is 10.4. The molecule has 1 aromatic heterocycles. The number of hydrogen-bond acceptors (Lipinski definition) is 5. The second kappa shape index (κ2) is 7.19. The van der Waals surface area contributed by atoms with Crippen molar-refractivity contribution in [3.05, 3.63) is 75.1 Å². The van der Waals surface area contributed by atoms with Gasteiger partial charge in [0.05, 0.1) is 24.3 Å². The SMILES string of the molecule is COc1ccc(C(=O)N/N=C/c2coc3ccc(Cl)cc3c2=O)cc1. The third kappa shape index (κ3) is 3.70. The zero-order valence-corrected chi connectivity index (χ0v) is 13.9. The van der Waals surface area contributed by atoms with Crippen molar-refractivity contribution in [2.45, 2.75) is 0 Å². The summed E-state index contributed by atoms with van der Waals surface area (Å²) in [7, 11) is 1.54. The lowest BCUT2D eigenvalue weighted by atomic mass is 10.2. The van der Waals surface area contributed by atoms with Crippen LogP contribution in [-0.2, 0) is 0 Å². The topological polar surface area (TPSA) is 80.9 Å². The fourth-order valence-corrected chi connectivity index (χ4v) is 2.35. The van der Waals surface area contributed by atoms with E-state index in [2.05, 4.69) is 10.5 Å². The molecule has 0 atom stereocenters. The summed E-state index contributed by atoms with van der Waals surface area (Å²) in [5.41, 5.74) is 3.10. The number of hydrogen-bond donors (Lipinski definition) is 1. The van der Waals surface area contributed by atoms with Crippen LogP contribution in [0.4, 0.5) is 0 Å². The fraction of sp³-hybridized carbons (Fsp3) is 0.0556. The minimum atomic E-state index is -0.410. The molecule has 6 nitrogen and oxygen atoms in total. The van der Waals surface area contributed by atoms with Gasteiger partial charge < -0.3 is 9.15 Å². The van der Waals surface area contributed by atoms with Crippen molar-refractivity contribution in [1.29, 1.82) is 0 Å². The number of fused-ring (bicyclic) bond motifs is 1. The van der Waals surface area contributed by atoms with Crippen LogP contribution in [0.25, 0.3) is 11.0 Å². The number of amides is 1. The van der Waals surface area contributed by atoms with E-state index in [1.165, 1.54) is 18.5 Å². The van der Waals surface area contributed by atoms with Crippen molar-refractivity contribution in [3.63, 3.8) is 0 Å². The van der Waals surface area contributed by atoms with Gasteiger partial charge in [0.25, 0.3) is 5.91 Å². The molecule has 0 aliphatic carbocycles. The summed E-state index contributed by atoms with van der Waals surface area (Å²) >= 11 is 5.90. The minimum Gasteiger partial charge on any atom is -0.497 e. The summed E-state index contributed by atoms with van der Waals surface area (Å²) in [6.45, 7) is 0. The second-order valence-electron chi connectivity index (χ2n) is 5.09. The van der Waals surface area contributed by atoms with Crippen molar-refractivity contribution >= 4 is 34.7 Å². The molecule has 3 aromatic rings. The molecule has 2 aromatic carbocycles. The van der Waals surface area contributed by atoms with Crippen LogP contribution < -0.4 is 15.6 Å². The van der Waals surface area contributed by atoms with Gasteiger partial charge in [-0.3, -0.25) is 9.59 Å². The number of nitrogens with zero attached hydrogens (tertiary/aromatic N) is 1. The van der Waals surface area contributed by atoms with E-state index in [1.807, 2.05) is 0 Å². The Morgan fingerprint density at radius 2 is 2.00 bits per heavy atom. The largest absolute Gasteiger partial charge is 0.497 e. The third-order valence-electron chi connectivity index (χ3n) is 3.48. The highest BCUT2D eigenvalue weighted by molar-refractivity contribution is 6.31. The van der Waals surface area contributed by atoms with Crippen molar-refractivity contribution in [1.82, 2.24) is 5.43 Å². The van der Waals surface area contributed by atoms with Gasteiger partial charge in [0.1, 0.15) is 17.6 Å². The average molecular weight is 357 g/mol. The second-order valence-corrected chi connectivity index (χ2v) is 5.52. The Labute approximate surface area is 147 Å². The molecule has 1 heterocycles. The first-order valence-corrected chi connectivity index (χ1v) is 7.65. The number of ether oxygens (including phenoxy) is 1. The molecule has 0 spiro atoms. The molecule has 0 saturated heterocycles. The highest BCUT2D eigenvalue weighted by Gasteiger charge is 2.07. The number of halogens is 1. The number of benzene rings is 2. The van der Waals surface area contributed by atoms with E-state index in [4.69, 9.17) is 20.8 Å². The standard InChI is InChI=1S/C18H13ClN2O4/c1-24-14-5-2-11(3-6-14)18(23)21-20-9-12-10-25-16-7-4-13(19)8-15(16)17(12)22/h2-10H,1H3,(H,21,23)/b20-9+. The first-order valence-electron chi connectivity index (χ1n) is 7.27. The Morgan fingerprint density at radius 3 is 2.72 bits per heavy atom. The molecule has 1 amide bonds. The molecule has 0 fully saturated rings. The van der Waals surface area contributed by atoms with E-state index >= 15 is 0 Å². The maximum atomic E-state index is 12.4. The van der Waals surface area contributed by atoms with Crippen LogP contribution in [0.2, 0.25) is 5.02 Å². The van der Waals surface area contributed by atoms with Crippen LogP contribution in [-0.4, -0.2) is 19.2 Å². The van der Waals surface area contributed by atoms with E-state index in [-0.39, 0.29) is 11.0 Å². The molecular weight excluding hydrogens is 344 g/mol. The van der Waals surface area contributed by atoms with Gasteiger partial charge in [-0.15, -0.1) is 0 Å². The smallest absolute Gasteiger partial charge is 0.271 e. The number of hydrazone groups is 1. The first-order chi connectivity index (χ1) is 12.1. The average Bonchev–Trinajstić information content (AvgIpc) is 2.64. The van der Waals surface area contributed by atoms with Crippen LogP contribution in [0, 0.1) is 0 Å². The minimum absolute atomic E-state index is 0.199. The molecule has 0 radical (unpaired) electrons. The molecule has 0 saturated carbocycles. The Kier molecular flexibility index (Phi) is 4.81. The van der Waals surface area contributed by atoms with E-state index in [1.54, 1.807) is 43.5 Å². The maximum absolute atomic E-state index is 12.4. The van der Waals surface area contributed by atoms with Crippen LogP contribution in [0.3, 0.4) is 0 Å². The molecule has 0 aliphatic rings. The molecule has 1 N–H and O–H groups in total. The van der Waals surface area contributed by atoms with Gasteiger partial charge in [-0.2, -0.15) is 5.10 Å². The molecule has 0 bridgehead atoms. The number of carbonyl (C=O) groups excluding carboxylic acids is 1. The Balaban J connectivity index is 1.77. The van der Waals surface area contributed by atoms with Gasteiger partial charge >= 0.3 is 0 Å². The van der Waals surface area contributed by atoms with Crippen LogP contribution in [0.15, 0.2) is 63.0 Å². The lowest BCUT2D eigenvalue weighted by molar-refractivity contribution is 0.0955.